The molecule has 140 valence electrons. The monoisotopic (exact) mass is 389 g/mol. The Balaban J connectivity index is 1.74. The molecular weight excluding hydrogens is 370 g/mol. The zero-order valence-electron chi connectivity index (χ0n) is 16.0. The van der Waals surface area contributed by atoms with Gasteiger partial charge in [0.15, 0.2) is 0 Å². The summed E-state index contributed by atoms with van der Waals surface area (Å²) in [4.78, 5) is 9.01. The van der Waals surface area contributed by atoms with Crippen LogP contribution in [0, 0.1) is 13.8 Å². The van der Waals surface area contributed by atoms with Crippen LogP contribution in [0.25, 0.3) is 16.6 Å². The molecule has 0 bridgehead atoms. The molecule has 0 amide bonds. The fourth-order valence-corrected chi connectivity index (χ4v) is 3.59. The first-order valence-electron chi connectivity index (χ1n) is 8.98. The number of hydrogen-bond acceptors (Lipinski definition) is 3. The van der Waals surface area contributed by atoms with Crippen molar-refractivity contribution in [3.8, 4) is 11.4 Å². The topological polar surface area (TPSA) is 39.4 Å². The second-order valence-electron chi connectivity index (χ2n) is 6.62. The maximum Gasteiger partial charge on any atom is 0.144 e. The predicted octanol–water partition coefficient (Wildman–Crippen LogP) is 6.05. The van der Waals surface area contributed by atoms with E-state index >= 15 is 0 Å². The number of aromatic nitrogens is 2. The zero-order chi connectivity index (χ0) is 19.7. The van der Waals surface area contributed by atoms with Gasteiger partial charge in [0.25, 0.3) is 0 Å². The van der Waals surface area contributed by atoms with Crippen LogP contribution in [-0.4, -0.2) is 22.9 Å². The largest absolute Gasteiger partial charge is 0.494 e. The van der Waals surface area contributed by atoms with Gasteiger partial charge in [0.2, 0.25) is 0 Å². The van der Waals surface area contributed by atoms with Crippen LogP contribution in [-0.2, 0) is 0 Å². The van der Waals surface area contributed by atoms with Crippen LogP contribution in [0.5, 0.6) is 5.75 Å². The summed E-state index contributed by atoms with van der Waals surface area (Å²) in [5.41, 5.74) is 6.10. The Bertz CT molecular complexity index is 1190. The first-order valence-corrected chi connectivity index (χ1v) is 9.36. The number of ether oxygens (including phenoxy) is 1. The lowest BCUT2D eigenvalue weighted by Crippen LogP contribution is -1.99. The molecule has 0 aliphatic heterocycles. The van der Waals surface area contributed by atoms with Crippen molar-refractivity contribution in [2.75, 3.05) is 7.11 Å². The van der Waals surface area contributed by atoms with E-state index in [1.54, 1.807) is 19.2 Å². The highest BCUT2D eigenvalue weighted by Gasteiger charge is 2.11. The normalized spacial score (nSPS) is 11.4. The number of rotatable bonds is 4. The maximum absolute atomic E-state index is 6.11. The minimum Gasteiger partial charge on any atom is -0.494 e. The molecule has 0 aliphatic carbocycles. The van der Waals surface area contributed by atoms with Crippen molar-refractivity contribution in [2.45, 2.75) is 13.8 Å². The van der Waals surface area contributed by atoms with Gasteiger partial charge in [-0.2, -0.15) is 0 Å². The molecule has 2 aromatic heterocycles. The quantitative estimate of drug-likeness (QED) is 0.398. The van der Waals surface area contributed by atoms with E-state index in [4.69, 9.17) is 16.3 Å². The molecule has 4 aromatic rings. The van der Waals surface area contributed by atoms with Crippen LogP contribution in [0.3, 0.4) is 0 Å². The van der Waals surface area contributed by atoms with Gasteiger partial charge in [-0.25, -0.2) is 0 Å². The predicted molar refractivity (Wildman–Crippen MR) is 116 cm³/mol. The van der Waals surface area contributed by atoms with Crippen molar-refractivity contribution >= 4 is 34.4 Å². The first kappa shape index (κ1) is 18.3. The van der Waals surface area contributed by atoms with Crippen LogP contribution >= 0.6 is 11.6 Å². The van der Waals surface area contributed by atoms with Crippen LogP contribution in [0.2, 0.25) is 5.02 Å². The van der Waals surface area contributed by atoms with Crippen molar-refractivity contribution in [2.24, 2.45) is 4.99 Å². The number of fused-ring (bicyclic) bond motifs is 1. The lowest BCUT2D eigenvalue weighted by Gasteiger charge is -2.10. The van der Waals surface area contributed by atoms with Gasteiger partial charge >= 0.3 is 0 Å². The van der Waals surface area contributed by atoms with E-state index in [-0.39, 0.29) is 0 Å². The number of aryl methyl sites for hydroxylation is 1. The van der Waals surface area contributed by atoms with Gasteiger partial charge in [-0.05, 0) is 62.4 Å². The van der Waals surface area contributed by atoms with E-state index in [9.17, 15) is 0 Å². The highest BCUT2D eigenvalue weighted by molar-refractivity contribution is 6.30. The molecule has 0 saturated heterocycles. The molecule has 4 nitrogen and oxygen atoms in total. The van der Waals surface area contributed by atoms with E-state index in [1.165, 1.54) is 0 Å². The van der Waals surface area contributed by atoms with Gasteiger partial charge in [0.1, 0.15) is 11.4 Å². The fraction of sp³-hybridized carbons (Fsp3) is 0.130. The second kappa shape index (κ2) is 7.49. The number of pyridine rings is 1. The smallest absolute Gasteiger partial charge is 0.144 e. The molecule has 0 spiro atoms. The molecule has 0 fully saturated rings. The van der Waals surface area contributed by atoms with Gasteiger partial charge in [-0.15, -0.1) is 0 Å². The number of benzene rings is 2. The third kappa shape index (κ3) is 3.39. The standard InChI is InChI=1S/C23H20ClN3O/c1-15-11-18(14-26-22-13-19(24)6-9-23(22)28-3)16(2)27(15)20-7-8-21-17(12-20)5-4-10-25-21/h4-14H,1-3H3. The van der Waals surface area contributed by atoms with Crippen molar-refractivity contribution in [3.05, 3.63) is 82.8 Å². The van der Waals surface area contributed by atoms with E-state index in [0.717, 1.165) is 33.5 Å². The molecule has 2 aromatic carbocycles. The number of hydrogen-bond donors (Lipinski definition) is 0. The Morgan fingerprint density at radius 2 is 1.93 bits per heavy atom. The molecule has 0 aliphatic rings. The van der Waals surface area contributed by atoms with Gasteiger partial charge in [0.05, 0.1) is 12.6 Å². The third-order valence-corrected chi connectivity index (χ3v) is 5.03. The summed E-state index contributed by atoms with van der Waals surface area (Å²) in [6.07, 6.45) is 3.67. The minimum atomic E-state index is 0.628. The third-order valence-electron chi connectivity index (χ3n) is 4.80. The molecular formula is C23H20ClN3O. The van der Waals surface area contributed by atoms with E-state index in [2.05, 4.69) is 52.7 Å². The summed E-state index contributed by atoms with van der Waals surface area (Å²) < 4.78 is 7.60. The van der Waals surface area contributed by atoms with Gasteiger partial charge < -0.3 is 9.30 Å². The van der Waals surface area contributed by atoms with E-state index < -0.39 is 0 Å². The highest BCUT2D eigenvalue weighted by Crippen LogP contribution is 2.30. The van der Waals surface area contributed by atoms with Gasteiger partial charge in [-0.3, -0.25) is 9.98 Å². The fourth-order valence-electron chi connectivity index (χ4n) is 3.42. The molecule has 0 radical (unpaired) electrons. The first-order chi connectivity index (χ1) is 13.6. The number of methoxy groups -OCH3 is 1. The lowest BCUT2D eigenvalue weighted by molar-refractivity contribution is 0.416. The summed E-state index contributed by atoms with van der Waals surface area (Å²) in [7, 11) is 1.63. The van der Waals surface area contributed by atoms with Crippen molar-refractivity contribution in [1.82, 2.24) is 9.55 Å². The lowest BCUT2D eigenvalue weighted by atomic mass is 10.2. The summed E-state index contributed by atoms with van der Waals surface area (Å²) in [5.74, 6) is 0.691. The average Bonchev–Trinajstić information content (AvgIpc) is 2.99. The SMILES string of the molecule is COc1ccc(Cl)cc1N=Cc1cc(C)n(-c2ccc3ncccc3c2)c1C. The van der Waals surface area contributed by atoms with Crippen LogP contribution in [0.15, 0.2) is 65.8 Å². The summed E-state index contributed by atoms with van der Waals surface area (Å²) >= 11 is 6.11. The number of halogens is 1. The van der Waals surface area contributed by atoms with Crippen molar-refractivity contribution in [3.63, 3.8) is 0 Å². The molecule has 28 heavy (non-hydrogen) atoms. The molecule has 5 heteroatoms. The molecule has 4 rings (SSSR count). The van der Waals surface area contributed by atoms with Crippen molar-refractivity contribution < 1.29 is 4.74 Å². The number of nitrogens with zero attached hydrogens (tertiary/aromatic N) is 3. The van der Waals surface area contributed by atoms with Crippen LogP contribution in [0.1, 0.15) is 17.0 Å². The molecule has 0 N–H and O–H groups in total. The maximum atomic E-state index is 6.11. The molecule has 0 unspecified atom stereocenters. The van der Waals surface area contributed by atoms with Crippen LogP contribution < -0.4 is 4.74 Å². The average molecular weight is 390 g/mol. The minimum absolute atomic E-state index is 0.628. The summed E-state index contributed by atoms with van der Waals surface area (Å²) in [5, 5.41) is 1.74. The van der Waals surface area contributed by atoms with E-state index in [0.29, 0.717) is 16.5 Å². The van der Waals surface area contributed by atoms with Gasteiger partial charge in [0, 0.05) is 45.5 Å². The summed E-state index contributed by atoms with van der Waals surface area (Å²) in [6.45, 7) is 4.19. The summed E-state index contributed by atoms with van der Waals surface area (Å²) in [6, 6.07) is 17.9. The second-order valence-corrected chi connectivity index (χ2v) is 7.05. The van der Waals surface area contributed by atoms with Crippen LogP contribution in [0.4, 0.5) is 5.69 Å². The number of aliphatic imine (C=N–C) groups is 1. The zero-order valence-corrected chi connectivity index (χ0v) is 16.7. The molecule has 0 atom stereocenters. The highest BCUT2D eigenvalue weighted by atomic mass is 35.5. The Morgan fingerprint density at radius 3 is 2.75 bits per heavy atom. The van der Waals surface area contributed by atoms with Gasteiger partial charge in [-0.1, -0.05) is 17.7 Å². The van der Waals surface area contributed by atoms with E-state index in [1.807, 2.05) is 30.6 Å². The Hall–Kier alpha value is -3.11. The molecule has 2 heterocycles. The van der Waals surface area contributed by atoms with Crippen molar-refractivity contribution in [1.29, 1.82) is 0 Å². The Morgan fingerprint density at radius 1 is 1.07 bits per heavy atom. The molecule has 0 saturated carbocycles. The Kier molecular flexibility index (Phi) is 4.88. The Labute approximate surface area is 169 Å².